The van der Waals surface area contributed by atoms with Crippen molar-refractivity contribution in [1.29, 1.82) is 0 Å². The van der Waals surface area contributed by atoms with E-state index in [1.165, 1.54) is 35.9 Å². The zero-order valence-corrected chi connectivity index (χ0v) is 21.2. The number of fused-ring (bicyclic) bond motifs is 2. The van der Waals surface area contributed by atoms with Crippen LogP contribution in [0.15, 0.2) is 52.2 Å². The third-order valence-corrected chi connectivity index (χ3v) is 7.77. The number of rotatable bonds is 5. The van der Waals surface area contributed by atoms with Gasteiger partial charge in [-0.1, -0.05) is 21.9 Å². The van der Waals surface area contributed by atoms with Crippen LogP contribution in [0.2, 0.25) is 5.15 Å². The SMILES string of the molecule is COc1ccc2nc(Cl)ccc2c1[S+](=O)([O-])Nc1cccc2nc(C)n(C3CCC(=O)NC3=O)c(=O)c12. The van der Waals surface area contributed by atoms with Crippen molar-refractivity contribution in [2.75, 3.05) is 11.8 Å². The summed E-state index contributed by atoms with van der Waals surface area (Å²) in [6.45, 7) is 1.57. The molecule has 2 amide bonds. The third kappa shape index (κ3) is 4.32. The summed E-state index contributed by atoms with van der Waals surface area (Å²) in [7, 11) is -2.99. The molecule has 0 radical (unpaired) electrons. The molecule has 11 nitrogen and oxygen atoms in total. The molecule has 1 saturated heterocycles. The number of pyridine rings is 1. The molecule has 2 aromatic heterocycles. The molecule has 4 aromatic rings. The van der Waals surface area contributed by atoms with E-state index in [2.05, 4.69) is 20.0 Å². The Kier molecular flexibility index (Phi) is 6.18. The van der Waals surface area contributed by atoms with Gasteiger partial charge in [-0.25, -0.2) is 14.7 Å². The van der Waals surface area contributed by atoms with Crippen LogP contribution in [0.1, 0.15) is 24.7 Å². The van der Waals surface area contributed by atoms with Crippen molar-refractivity contribution >= 4 is 61.3 Å². The average Bonchev–Trinajstić information content (AvgIpc) is 2.84. The van der Waals surface area contributed by atoms with Gasteiger partial charge >= 0.3 is 0 Å². The minimum atomic E-state index is -4.33. The van der Waals surface area contributed by atoms with Gasteiger partial charge < -0.3 is 9.29 Å². The lowest BCUT2D eigenvalue weighted by molar-refractivity contribution is -0.135. The van der Waals surface area contributed by atoms with Crippen molar-refractivity contribution in [2.24, 2.45) is 0 Å². The van der Waals surface area contributed by atoms with E-state index < -0.39 is 33.8 Å². The molecule has 13 heteroatoms. The van der Waals surface area contributed by atoms with Gasteiger partial charge in [0.2, 0.25) is 16.7 Å². The van der Waals surface area contributed by atoms with Gasteiger partial charge in [-0.05, 0) is 49.7 Å². The number of aryl methyl sites for hydroxylation is 1. The van der Waals surface area contributed by atoms with Crippen molar-refractivity contribution < 1.29 is 23.1 Å². The van der Waals surface area contributed by atoms with E-state index in [1.807, 2.05) is 0 Å². The van der Waals surface area contributed by atoms with Crippen LogP contribution in [0.5, 0.6) is 5.75 Å². The number of amides is 2. The fourth-order valence-corrected chi connectivity index (χ4v) is 6.09. The van der Waals surface area contributed by atoms with Gasteiger partial charge in [0.15, 0.2) is 16.1 Å². The van der Waals surface area contributed by atoms with Crippen molar-refractivity contribution in [1.82, 2.24) is 19.9 Å². The summed E-state index contributed by atoms with van der Waals surface area (Å²) in [4.78, 5) is 46.2. The van der Waals surface area contributed by atoms with Crippen LogP contribution in [0.4, 0.5) is 5.69 Å². The van der Waals surface area contributed by atoms with Crippen molar-refractivity contribution in [3.05, 3.63) is 63.8 Å². The molecule has 1 fully saturated rings. The van der Waals surface area contributed by atoms with E-state index in [0.717, 1.165) is 0 Å². The zero-order chi connectivity index (χ0) is 26.5. The lowest BCUT2D eigenvalue weighted by atomic mass is 10.1. The Morgan fingerprint density at radius 1 is 1.14 bits per heavy atom. The highest BCUT2D eigenvalue weighted by Gasteiger charge is 2.33. The van der Waals surface area contributed by atoms with Gasteiger partial charge in [-0.3, -0.25) is 24.3 Å². The molecule has 5 rings (SSSR count). The standard InChI is InChI=1S/C24H20ClN5O6S/c1-12-26-15-4-3-5-16(21(15)24(33)30(12)17-8-11-20(31)28-23(17)32)29-37(34,35)22-13-6-10-19(25)27-14(13)7-9-18(22)36-2/h3-7,9-10,17H,8,11H2,1-2H3,(H2-,28,29,31,32,33,34,35). The Morgan fingerprint density at radius 3 is 2.65 bits per heavy atom. The van der Waals surface area contributed by atoms with Gasteiger partial charge in [0.05, 0.1) is 34.6 Å². The summed E-state index contributed by atoms with van der Waals surface area (Å²) in [5.74, 6) is -0.716. The van der Waals surface area contributed by atoms with Crippen molar-refractivity contribution in [3.63, 3.8) is 0 Å². The van der Waals surface area contributed by atoms with E-state index in [1.54, 1.807) is 25.1 Å². The first-order valence-corrected chi connectivity index (χ1v) is 13.0. The van der Waals surface area contributed by atoms with E-state index >= 15 is 0 Å². The van der Waals surface area contributed by atoms with Crippen LogP contribution in [-0.2, 0) is 24.2 Å². The normalized spacial score (nSPS) is 17.5. The van der Waals surface area contributed by atoms with E-state index in [4.69, 9.17) is 16.3 Å². The third-order valence-electron chi connectivity index (χ3n) is 6.11. The smallest absolute Gasteiger partial charge is 0.264 e. The van der Waals surface area contributed by atoms with Crippen LogP contribution in [0.25, 0.3) is 21.8 Å². The number of aromatic nitrogens is 3. The summed E-state index contributed by atoms with van der Waals surface area (Å²) in [6.07, 6.45) is 0.183. The largest absolute Gasteiger partial charge is 0.588 e. The summed E-state index contributed by atoms with van der Waals surface area (Å²) < 4.78 is 36.4. The number of imide groups is 1. The monoisotopic (exact) mass is 541 g/mol. The fraction of sp³-hybridized carbons (Fsp3) is 0.208. The molecule has 2 unspecified atom stereocenters. The first-order chi connectivity index (χ1) is 17.6. The maximum atomic E-state index is 13.7. The molecule has 1 aliphatic heterocycles. The van der Waals surface area contributed by atoms with E-state index in [-0.39, 0.29) is 56.4 Å². The van der Waals surface area contributed by atoms with Crippen LogP contribution >= 0.6 is 11.6 Å². The predicted molar refractivity (Wildman–Crippen MR) is 136 cm³/mol. The topological polar surface area (TPSA) is 155 Å². The number of carbonyl (C=O) groups excluding carboxylic acids is 2. The molecular weight excluding hydrogens is 522 g/mol. The number of carbonyl (C=O) groups is 2. The number of nitrogens with one attached hydrogen (secondary N) is 2. The molecule has 3 heterocycles. The van der Waals surface area contributed by atoms with Crippen LogP contribution in [0.3, 0.4) is 0 Å². The number of sulfonamides is 1. The number of nitrogens with zero attached hydrogens (tertiary/aromatic N) is 3. The lowest BCUT2D eigenvalue weighted by Crippen LogP contribution is -2.45. The molecule has 0 saturated carbocycles. The molecule has 0 bridgehead atoms. The van der Waals surface area contributed by atoms with Crippen LogP contribution in [0, 0.1) is 6.92 Å². The number of ether oxygens (including phenoxy) is 1. The Balaban J connectivity index is 1.67. The average molecular weight is 542 g/mol. The zero-order valence-electron chi connectivity index (χ0n) is 19.6. The lowest BCUT2D eigenvalue weighted by Gasteiger charge is -2.25. The molecule has 1 aliphatic rings. The van der Waals surface area contributed by atoms with Crippen molar-refractivity contribution in [2.45, 2.75) is 30.7 Å². The highest BCUT2D eigenvalue weighted by Crippen LogP contribution is 2.36. The minimum Gasteiger partial charge on any atom is -0.588 e. The van der Waals surface area contributed by atoms with Crippen LogP contribution in [-0.4, -0.2) is 38.0 Å². The maximum absolute atomic E-state index is 13.7. The Morgan fingerprint density at radius 2 is 1.92 bits per heavy atom. The van der Waals surface area contributed by atoms with Crippen LogP contribution < -0.4 is 20.3 Å². The number of hydrogen-bond donors (Lipinski definition) is 2. The van der Waals surface area contributed by atoms with Gasteiger partial charge in [0.1, 0.15) is 17.0 Å². The second kappa shape index (κ2) is 9.21. The molecule has 0 spiro atoms. The number of methoxy groups -OCH3 is 1. The Hall–Kier alpha value is -3.87. The molecule has 37 heavy (non-hydrogen) atoms. The number of benzene rings is 2. The van der Waals surface area contributed by atoms with E-state index in [9.17, 15) is 23.1 Å². The fourth-order valence-electron chi connectivity index (χ4n) is 4.50. The maximum Gasteiger partial charge on any atom is 0.264 e. The number of hydrogen-bond acceptors (Lipinski definition) is 8. The first kappa shape index (κ1) is 24.8. The minimum absolute atomic E-state index is 0.0262. The quantitative estimate of drug-likeness (QED) is 0.222. The highest BCUT2D eigenvalue weighted by atomic mass is 35.5. The molecule has 0 aliphatic carbocycles. The summed E-state index contributed by atoms with van der Waals surface area (Å²) >= 11 is 5.98. The molecule has 190 valence electrons. The Labute approximate surface area is 216 Å². The van der Waals surface area contributed by atoms with Gasteiger partial charge in [0.25, 0.3) is 5.56 Å². The molecule has 2 atom stereocenters. The van der Waals surface area contributed by atoms with Gasteiger partial charge in [-0.2, -0.15) is 0 Å². The molecule has 2 N–H and O–H groups in total. The second-order valence-electron chi connectivity index (χ2n) is 8.40. The number of piperidine rings is 1. The second-order valence-corrected chi connectivity index (χ2v) is 10.4. The van der Waals surface area contributed by atoms with Gasteiger partial charge in [-0.15, -0.1) is 0 Å². The first-order valence-electron chi connectivity index (χ1n) is 11.1. The van der Waals surface area contributed by atoms with Gasteiger partial charge in [0, 0.05) is 6.42 Å². The molecular formula is C24H20ClN5O6S. The van der Waals surface area contributed by atoms with Crippen molar-refractivity contribution in [3.8, 4) is 5.75 Å². The number of halogens is 1. The summed E-state index contributed by atoms with van der Waals surface area (Å²) in [5.41, 5.74) is -0.0701. The summed E-state index contributed by atoms with van der Waals surface area (Å²) in [5, 5.41) is 2.67. The Bertz CT molecular complexity index is 1720. The van der Waals surface area contributed by atoms with E-state index in [0.29, 0.717) is 5.52 Å². The number of anilines is 1. The highest BCUT2D eigenvalue weighted by molar-refractivity contribution is 7.99. The predicted octanol–water partition coefficient (Wildman–Crippen LogP) is 2.91. The molecule has 2 aromatic carbocycles. The summed E-state index contributed by atoms with van der Waals surface area (Å²) in [6, 6.07) is 9.63.